The van der Waals surface area contributed by atoms with Crippen molar-refractivity contribution in [1.82, 2.24) is 0 Å². The molecule has 368 valence electrons. The van der Waals surface area contributed by atoms with E-state index in [0.717, 1.165) is 116 Å². The number of aliphatic hydroxyl groups excluding tert-OH is 3. The first-order valence-electron chi connectivity index (χ1n) is 24.3. The van der Waals surface area contributed by atoms with E-state index in [9.17, 15) is 33.1 Å². The molecule has 0 bridgehead atoms. The number of unbranched alkanes of at least 4 members (excludes halogenated alkanes) is 14. The molecular weight excluding hydrogens is 837 g/mol. The summed E-state index contributed by atoms with van der Waals surface area (Å²) in [5, 5.41) is 30.7. The monoisotopic (exact) mass is 923 g/mol. The van der Waals surface area contributed by atoms with Crippen molar-refractivity contribution in [2.75, 3.05) is 26.4 Å². The van der Waals surface area contributed by atoms with Crippen LogP contribution in [0.3, 0.4) is 0 Å². The third-order valence-electron chi connectivity index (χ3n) is 10.5. The molecule has 0 aliphatic carbocycles. The Bertz CT molecular complexity index is 1440. The highest BCUT2D eigenvalue weighted by Gasteiger charge is 2.48. The Hall–Kier alpha value is -2.72. The summed E-state index contributed by atoms with van der Waals surface area (Å²) in [6.07, 6.45) is 46.1. The molecule has 1 fully saturated rings. The molecule has 0 aromatic carbocycles. The Morgan fingerprint density at radius 1 is 0.609 bits per heavy atom. The molecule has 1 heterocycles. The van der Waals surface area contributed by atoms with Gasteiger partial charge in [-0.2, -0.15) is 8.42 Å². The first-order valence-corrected chi connectivity index (χ1v) is 25.7. The van der Waals surface area contributed by atoms with Crippen molar-refractivity contribution in [2.24, 2.45) is 0 Å². The van der Waals surface area contributed by atoms with E-state index < -0.39 is 59.8 Å². The minimum Gasteiger partial charge on any atom is -0.457 e. The van der Waals surface area contributed by atoms with Crippen molar-refractivity contribution < 1.29 is 56.2 Å². The predicted octanol–water partition coefficient (Wildman–Crippen LogP) is 10.9. The molecule has 13 heteroatoms. The zero-order valence-corrected chi connectivity index (χ0v) is 40.1. The lowest BCUT2D eigenvalue weighted by atomic mass is 9.99. The van der Waals surface area contributed by atoms with E-state index in [1.54, 1.807) is 0 Å². The van der Waals surface area contributed by atoms with Crippen LogP contribution in [0.15, 0.2) is 85.1 Å². The van der Waals surface area contributed by atoms with E-state index in [1.165, 1.54) is 25.7 Å². The fourth-order valence-electron chi connectivity index (χ4n) is 6.85. The summed E-state index contributed by atoms with van der Waals surface area (Å²) in [5.74, 6) is -0.422. The quantitative estimate of drug-likeness (QED) is 0.0198. The summed E-state index contributed by atoms with van der Waals surface area (Å²) in [6.45, 7) is 3.78. The van der Waals surface area contributed by atoms with Gasteiger partial charge in [-0.25, -0.2) is 4.18 Å². The van der Waals surface area contributed by atoms with Crippen molar-refractivity contribution in [2.45, 2.75) is 205 Å². The maximum atomic E-state index is 12.9. The van der Waals surface area contributed by atoms with Crippen molar-refractivity contribution >= 4 is 16.4 Å². The first kappa shape index (κ1) is 59.3. The molecule has 0 saturated carbocycles. The molecule has 0 radical (unpaired) electrons. The van der Waals surface area contributed by atoms with E-state index >= 15 is 0 Å². The van der Waals surface area contributed by atoms with Gasteiger partial charge < -0.3 is 34.3 Å². The third kappa shape index (κ3) is 34.6. The number of hydrogen-bond donors (Lipinski definition) is 4. The maximum absolute atomic E-state index is 12.9. The molecule has 1 rings (SSSR count). The SMILES string of the molecule is CC/C=C\C/C=C\C/C=C\C/C=C\C/C=C\CCCCCCCCOCC(COC1OC(CO)C(O)C(OS(=O)(=O)O)C1O)OC(=O)CCCCCCC/C=C\C/C=C\CCCCC. The third-order valence-corrected chi connectivity index (χ3v) is 11.0. The molecule has 0 amide bonds. The molecule has 0 aromatic rings. The van der Waals surface area contributed by atoms with E-state index in [1.807, 2.05) is 0 Å². The highest BCUT2D eigenvalue weighted by molar-refractivity contribution is 7.80. The van der Waals surface area contributed by atoms with Gasteiger partial charge in [0.15, 0.2) is 6.29 Å². The molecular formula is C51H86O12S. The molecule has 0 aromatic heterocycles. The van der Waals surface area contributed by atoms with Crippen LogP contribution in [0.1, 0.15) is 168 Å². The standard InChI is InChI=1S/C51H86O12S/c1-3-5-7-9-11-13-15-17-19-20-21-22-23-24-25-27-29-31-33-35-37-39-41-59-43-45(44-60-51-49(55)50(63-64(56,57)58)48(54)46(42-52)62-51)61-47(53)40-38-36-34-32-30-28-26-18-16-14-12-10-8-6-4-2/h5,7,11-14,17-19,21-22,24-26,45-46,48-52,54-55H,3-4,6,8-10,15-16,20,23,27-44H2,1-2H3,(H,56,57,58)/b7-5-,13-11-,14-12-,19-17-,22-21-,25-24-,26-18-. The van der Waals surface area contributed by atoms with Crippen molar-refractivity contribution in [3.05, 3.63) is 85.1 Å². The van der Waals surface area contributed by atoms with Gasteiger partial charge in [-0.05, 0) is 89.9 Å². The molecule has 0 spiro atoms. The zero-order valence-electron chi connectivity index (χ0n) is 39.3. The van der Waals surface area contributed by atoms with Crippen LogP contribution in [-0.2, 0) is 38.3 Å². The summed E-state index contributed by atoms with van der Waals surface area (Å²) in [5.41, 5.74) is 0. The lowest BCUT2D eigenvalue weighted by Gasteiger charge is -2.41. The summed E-state index contributed by atoms with van der Waals surface area (Å²) in [7, 11) is -5.07. The van der Waals surface area contributed by atoms with Crippen LogP contribution in [0.4, 0.5) is 0 Å². The van der Waals surface area contributed by atoms with E-state index in [-0.39, 0.29) is 19.6 Å². The Morgan fingerprint density at radius 2 is 1.08 bits per heavy atom. The number of hydrogen-bond acceptors (Lipinski definition) is 11. The summed E-state index contributed by atoms with van der Waals surface area (Å²) in [4.78, 5) is 12.9. The van der Waals surface area contributed by atoms with Crippen molar-refractivity contribution in [3.63, 3.8) is 0 Å². The molecule has 4 N–H and O–H groups in total. The fraction of sp³-hybridized carbons (Fsp3) is 0.706. The smallest absolute Gasteiger partial charge is 0.397 e. The number of ether oxygens (including phenoxy) is 4. The number of carbonyl (C=O) groups excluding carboxylic acids is 1. The molecule has 6 atom stereocenters. The van der Waals surface area contributed by atoms with Gasteiger partial charge in [0.05, 0.1) is 19.8 Å². The number of esters is 1. The number of aliphatic hydroxyl groups is 3. The normalized spacial score (nSPS) is 20.5. The van der Waals surface area contributed by atoms with Gasteiger partial charge in [-0.15, -0.1) is 0 Å². The van der Waals surface area contributed by atoms with Gasteiger partial charge >= 0.3 is 16.4 Å². The first-order chi connectivity index (χ1) is 31.1. The van der Waals surface area contributed by atoms with Gasteiger partial charge in [-0.3, -0.25) is 9.35 Å². The largest absolute Gasteiger partial charge is 0.457 e. The lowest BCUT2D eigenvalue weighted by molar-refractivity contribution is -0.301. The highest BCUT2D eigenvalue weighted by atomic mass is 32.3. The molecule has 6 unspecified atom stereocenters. The summed E-state index contributed by atoms with van der Waals surface area (Å²) < 4.78 is 59.1. The van der Waals surface area contributed by atoms with E-state index in [0.29, 0.717) is 13.0 Å². The molecule has 1 aliphatic heterocycles. The van der Waals surface area contributed by atoms with Crippen LogP contribution in [0.25, 0.3) is 0 Å². The van der Waals surface area contributed by atoms with Gasteiger partial charge in [0.25, 0.3) is 0 Å². The van der Waals surface area contributed by atoms with Crippen LogP contribution < -0.4 is 0 Å². The zero-order chi connectivity index (χ0) is 46.8. The van der Waals surface area contributed by atoms with Crippen LogP contribution in [0.2, 0.25) is 0 Å². The highest BCUT2D eigenvalue weighted by Crippen LogP contribution is 2.26. The van der Waals surface area contributed by atoms with Gasteiger partial charge in [0, 0.05) is 13.0 Å². The average molecular weight is 923 g/mol. The van der Waals surface area contributed by atoms with Crippen molar-refractivity contribution in [3.8, 4) is 0 Å². The molecule has 12 nitrogen and oxygen atoms in total. The summed E-state index contributed by atoms with van der Waals surface area (Å²) in [6, 6.07) is 0. The van der Waals surface area contributed by atoms with Crippen molar-refractivity contribution in [1.29, 1.82) is 0 Å². The van der Waals surface area contributed by atoms with Gasteiger partial charge in [0.2, 0.25) is 0 Å². The second-order valence-electron chi connectivity index (χ2n) is 16.3. The average Bonchev–Trinajstić information content (AvgIpc) is 3.27. The topological polar surface area (TPSA) is 178 Å². The second kappa shape index (κ2) is 41.7. The minimum atomic E-state index is -5.07. The Kier molecular flexibility index (Phi) is 38.6. The number of carbonyl (C=O) groups is 1. The van der Waals surface area contributed by atoms with E-state index in [2.05, 4.69) is 103 Å². The van der Waals surface area contributed by atoms with Gasteiger partial charge in [0.1, 0.15) is 30.5 Å². The number of rotatable bonds is 41. The van der Waals surface area contributed by atoms with Crippen LogP contribution in [-0.4, -0.2) is 97.5 Å². The van der Waals surface area contributed by atoms with Crippen LogP contribution >= 0.6 is 0 Å². The van der Waals surface area contributed by atoms with E-state index in [4.69, 9.17) is 18.9 Å². The lowest BCUT2D eigenvalue weighted by Crippen LogP contribution is -2.60. The van der Waals surface area contributed by atoms with Crippen LogP contribution in [0.5, 0.6) is 0 Å². The second-order valence-corrected chi connectivity index (χ2v) is 17.4. The van der Waals surface area contributed by atoms with Crippen LogP contribution in [0, 0.1) is 0 Å². The number of allylic oxidation sites excluding steroid dienone is 14. The Balaban J connectivity index is 2.41. The predicted molar refractivity (Wildman–Crippen MR) is 257 cm³/mol. The molecule has 1 saturated heterocycles. The minimum absolute atomic E-state index is 0.0149. The molecule has 1 aliphatic rings. The maximum Gasteiger partial charge on any atom is 0.397 e. The fourth-order valence-corrected chi connectivity index (χ4v) is 7.35. The Morgan fingerprint density at radius 3 is 1.58 bits per heavy atom. The molecule has 64 heavy (non-hydrogen) atoms. The summed E-state index contributed by atoms with van der Waals surface area (Å²) >= 11 is 0. The Labute approximate surface area is 387 Å². The van der Waals surface area contributed by atoms with Gasteiger partial charge in [-0.1, -0.05) is 157 Å².